The van der Waals surface area contributed by atoms with Crippen molar-refractivity contribution in [1.82, 2.24) is 14.8 Å². The average molecular weight is 301 g/mol. The number of carbonyl (C=O) groups excluding carboxylic acids is 1. The van der Waals surface area contributed by atoms with Crippen molar-refractivity contribution in [1.29, 1.82) is 0 Å². The zero-order chi connectivity index (χ0) is 15.7. The van der Waals surface area contributed by atoms with E-state index < -0.39 is 11.6 Å². The highest BCUT2D eigenvalue weighted by Crippen LogP contribution is 2.26. The summed E-state index contributed by atoms with van der Waals surface area (Å²) in [5, 5.41) is 4.12. The standard InChI is InChI=1S/C16H13F2N3O/c1-2-11(22)9-21-15-6-10(7-19-14(15)8-20-21)12-4-3-5-13(17)16(12)18/h3-8H,2,9H2,1H3. The normalized spacial score (nSPS) is 11.0. The number of pyridine rings is 1. The zero-order valence-electron chi connectivity index (χ0n) is 11.9. The van der Waals surface area contributed by atoms with Gasteiger partial charge in [0, 0.05) is 23.7 Å². The van der Waals surface area contributed by atoms with Crippen LogP contribution in [0.15, 0.2) is 36.7 Å². The highest BCUT2D eigenvalue weighted by atomic mass is 19.2. The fraction of sp³-hybridized carbons (Fsp3) is 0.188. The van der Waals surface area contributed by atoms with Gasteiger partial charge in [0.15, 0.2) is 17.4 Å². The van der Waals surface area contributed by atoms with E-state index in [1.54, 1.807) is 19.2 Å². The number of fused-ring (bicyclic) bond motifs is 1. The van der Waals surface area contributed by atoms with Gasteiger partial charge >= 0.3 is 0 Å². The summed E-state index contributed by atoms with van der Waals surface area (Å²) in [5.74, 6) is -1.79. The number of benzene rings is 1. The topological polar surface area (TPSA) is 47.8 Å². The lowest BCUT2D eigenvalue weighted by Crippen LogP contribution is -2.09. The minimum atomic E-state index is -0.917. The summed E-state index contributed by atoms with van der Waals surface area (Å²) in [7, 11) is 0. The van der Waals surface area contributed by atoms with E-state index in [4.69, 9.17) is 0 Å². The summed E-state index contributed by atoms with van der Waals surface area (Å²) in [5.41, 5.74) is 1.78. The van der Waals surface area contributed by atoms with Crippen LogP contribution in [-0.4, -0.2) is 20.5 Å². The molecule has 0 bridgehead atoms. The highest BCUT2D eigenvalue weighted by Gasteiger charge is 2.13. The fourth-order valence-electron chi connectivity index (χ4n) is 2.24. The number of hydrogen-bond acceptors (Lipinski definition) is 3. The first-order valence-corrected chi connectivity index (χ1v) is 6.87. The van der Waals surface area contributed by atoms with Crippen LogP contribution in [0.3, 0.4) is 0 Å². The van der Waals surface area contributed by atoms with E-state index in [-0.39, 0.29) is 17.9 Å². The molecule has 3 aromatic rings. The van der Waals surface area contributed by atoms with Crippen molar-refractivity contribution < 1.29 is 13.6 Å². The van der Waals surface area contributed by atoms with E-state index in [0.29, 0.717) is 23.0 Å². The van der Waals surface area contributed by atoms with Crippen LogP contribution in [0.2, 0.25) is 0 Å². The molecule has 22 heavy (non-hydrogen) atoms. The predicted octanol–water partition coefficient (Wildman–Crippen LogP) is 3.36. The smallest absolute Gasteiger partial charge is 0.166 e. The summed E-state index contributed by atoms with van der Waals surface area (Å²) in [6, 6.07) is 5.65. The maximum Gasteiger partial charge on any atom is 0.166 e. The molecular weight excluding hydrogens is 288 g/mol. The second-order valence-electron chi connectivity index (χ2n) is 4.92. The first-order chi connectivity index (χ1) is 10.6. The number of Topliss-reactive ketones (excluding diaryl/α,β-unsaturated/α-hetero) is 1. The number of ketones is 1. The number of hydrogen-bond donors (Lipinski definition) is 0. The molecule has 0 aliphatic heterocycles. The fourth-order valence-corrected chi connectivity index (χ4v) is 2.24. The van der Waals surface area contributed by atoms with Crippen LogP contribution in [0.5, 0.6) is 0 Å². The van der Waals surface area contributed by atoms with Crippen molar-refractivity contribution in [2.24, 2.45) is 0 Å². The summed E-state index contributed by atoms with van der Waals surface area (Å²) in [6.07, 6.45) is 3.42. The summed E-state index contributed by atoms with van der Waals surface area (Å²) >= 11 is 0. The minimum absolute atomic E-state index is 0.0346. The number of carbonyl (C=O) groups is 1. The van der Waals surface area contributed by atoms with Crippen molar-refractivity contribution in [2.75, 3.05) is 0 Å². The summed E-state index contributed by atoms with van der Waals surface area (Å²) < 4.78 is 28.8. The van der Waals surface area contributed by atoms with Gasteiger partial charge in [0.25, 0.3) is 0 Å². The van der Waals surface area contributed by atoms with Gasteiger partial charge in [-0.3, -0.25) is 14.5 Å². The predicted molar refractivity (Wildman–Crippen MR) is 78.2 cm³/mol. The van der Waals surface area contributed by atoms with Gasteiger partial charge in [0.2, 0.25) is 0 Å². The van der Waals surface area contributed by atoms with E-state index in [1.807, 2.05) is 0 Å². The summed E-state index contributed by atoms with van der Waals surface area (Å²) in [4.78, 5) is 15.8. The Morgan fingerprint density at radius 3 is 2.86 bits per heavy atom. The van der Waals surface area contributed by atoms with Gasteiger partial charge in [0.05, 0.1) is 11.7 Å². The van der Waals surface area contributed by atoms with Gasteiger partial charge in [-0.25, -0.2) is 8.78 Å². The molecular formula is C16H13F2N3O. The number of nitrogens with zero attached hydrogens (tertiary/aromatic N) is 3. The van der Waals surface area contributed by atoms with Crippen LogP contribution in [0.4, 0.5) is 8.78 Å². The Kier molecular flexibility index (Phi) is 3.66. The van der Waals surface area contributed by atoms with Crippen molar-refractivity contribution in [3.8, 4) is 11.1 Å². The van der Waals surface area contributed by atoms with Gasteiger partial charge in [-0.2, -0.15) is 5.10 Å². The number of halogens is 2. The van der Waals surface area contributed by atoms with E-state index in [9.17, 15) is 13.6 Å². The SMILES string of the molecule is CCC(=O)Cn1ncc2ncc(-c3cccc(F)c3F)cc21. The summed E-state index contributed by atoms with van der Waals surface area (Å²) in [6.45, 7) is 1.91. The molecule has 0 N–H and O–H groups in total. The molecule has 0 fully saturated rings. The molecule has 0 atom stereocenters. The van der Waals surface area contributed by atoms with Crippen LogP contribution in [-0.2, 0) is 11.3 Å². The zero-order valence-corrected chi connectivity index (χ0v) is 11.9. The van der Waals surface area contributed by atoms with Gasteiger partial charge in [-0.05, 0) is 12.1 Å². The molecule has 2 aromatic heterocycles. The van der Waals surface area contributed by atoms with E-state index in [2.05, 4.69) is 10.1 Å². The Morgan fingerprint density at radius 2 is 2.09 bits per heavy atom. The Balaban J connectivity index is 2.10. The van der Waals surface area contributed by atoms with Crippen LogP contribution in [0.1, 0.15) is 13.3 Å². The lowest BCUT2D eigenvalue weighted by Gasteiger charge is -2.06. The van der Waals surface area contributed by atoms with Gasteiger partial charge in [-0.15, -0.1) is 0 Å². The molecule has 0 radical (unpaired) electrons. The Bertz CT molecular complexity index is 858. The molecule has 112 valence electrons. The molecule has 0 saturated carbocycles. The van der Waals surface area contributed by atoms with Crippen molar-refractivity contribution in [3.63, 3.8) is 0 Å². The van der Waals surface area contributed by atoms with Crippen molar-refractivity contribution >= 4 is 16.8 Å². The molecule has 0 aliphatic rings. The van der Waals surface area contributed by atoms with Crippen LogP contribution >= 0.6 is 0 Å². The third kappa shape index (κ3) is 2.47. The Labute approximate surface area is 125 Å². The van der Waals surface area contributed by atoms with Gasteiger partial charge in [0.1, 0.15) is 12.1 Å². The van der Waals surface area contributed by atoms with Gasteiger partial charge in [-0.1, -0.05) is 19.1 Å². The average Bonchev–Trinajstić information content (AvgIpc) is 2.92. The van der Waals surface area contributed by atoms with Crippen LogP contribution in [0.25, 0.3) is 22.2 Å². The molecule has 0 aliphatic carbocycles. The van der Waals surface area contributed by atoms with E-state index in [0.717, 1.165) is 6.07 Å². The third-order valence-electron chi connectivity index (χ3n) is 3.48. The second-order valence-corrected chi connectivity index (χ2v) is 4.92. The quantitative estimate of drug-likeness (QED) is 0.742. The molecule has 3 rings (SSSR count). The number of rotatable bonds is 4. The molecule has 1 aromatic carbocycles. The van der Waals surface area contributed by atoms with Crippen molar-refractivity contribution in [3.05, 3.63) is 48.3 Å². The maximum atomic E-state index is 13.9. The Morgan fingerprint density at radius 1 is 1.27 bits per heavy atom. The van der Waals surface area contributed by atoms with Gasteiger partial charge < -0.3 is 0 Å². The molecule has 2 heterocycles. The van der Waals surface area contributed by atoms with Crippen molar-refractivity contribution in [2.45, 2.75) is 19.9 Å². The van der Waals surface area contributed by atoms with Crippen LogP contribution in [0, 0.1) is 11.6 Å². The maximum absolute atomic E-state index is 13.9. The monoisotopic (exact) mass is 301 g/mol. The molecule has 4 nitrogen and oxygen atoms in total. The molecule has 6 heteroatoms. The minimum Gasteiger partial charge on any atom is -0.298 e. The van der Waals surface area contributed by atoms with E-state index in [1.165, 1.54) is 23.0 Å². The second kappa shape index (κ2) is 5.63. The number of aromatic nitrogens is 3. The van der Waals surface area contributed by atoms with Crippen LogP contribution < -0.4 is 0 Å². The lowest BCUT2D eigenvalue weighted by atomic mass is 10.1. The Hall–Kier alpha value is -2.63. The molecule has 0 saturated heterocycles. The molecule has 0 spiro atoms. The highest BCUT2D eigenvalue weighted by molar-refractivity contribution is 5.83. The first-order valence-electron chi connectivity index (χ1n) is 6.87. The third-order valence-corrected chi connectivity index (χ3v) is 3.48. The molecule has 0 amide bonds. The first kappa shape index (κ1) is 14.3. The molecule has 0 unspecified atom stereocenters. The lowest BCUT2D eigenvalue weighted by molar-refractivity contribution is -0.119. The van der Waals surface area contributed by atoms with E-state index >= 15 is 0 Å². The largest absolute Gasteiger partial charge is 0.298 e.